The zero-order valence-corrected chi connectivity index (χ0v) is 12.7. The molecule has 2 heterocycles. The molecular formula is C12H12Cl2N6O2. The second kappa shape index (κ2) is 6.92. The lowest BCUT2D eigenvalue weighted by Gasteiger charge is -2.12. The highest BCUT2D eigenvalue weighted by Gasteiger charge is 2.18. The molecule has 0 aliphatic heterocycles. The Labute approximate surface area is 137 Å². The van der Waals surface area contributed by atoms with E-state index in [0.29, 0.717) is 11.4 Å². The first-order valence-electron chi connectivity index (χ1n) is 5.71. The van der Waals surface area contributed by atoms with Gasteiger partial charge in [0, 0.05) is 30.9 Å². The Balaban J connectivity index is 0.00000121. The van der Waals surface area contributed by atoms with Crippen molar-refractivity contribution in [2.24, 2.45) is 0 Å². The van der Waals surface area contributed by atoms with Crippen LogP contribution in [-0.4, -0.2) is 24.0 Å². The minimum Gasteiger partial charge on any atom is -0.393 e. The number of aromatic nitrogens is 4. The molecule has 0 saturated carbocycles. The first kappa shape index (κ1) is 17.5. The van der Waals surface area contributed by atoms with Crippen LogP contribution in [0.15, 0.2) is 49.6 Å². The van der Waals surface area contributed by atoms with E-state index in [2.05, 4.69) is 9.97 Å². The van der Waals surface area contributed by atoms with E-state index < -0.39 is 4.92 Å². The van der Waals surface area contributed by atoms with Crippen LogP contribution in [0.1, 0.15) is 0 Å². The fourth-order valence-corrected chi connectivity index (χ4v) is 1.96. The van der Waals surface area contributed by atoms with Crippen LogP contribution in [0, 0.1) is 10.1 Å². The first-order chi connectivity index (χ1) is 9.66. The fraction of sp³-hybridized carbons (Fsp3) is 0. The fourth-order valence-electron chi connectivity index (χ4n) is 1.96. The van der Waals surface area contributed by atoms with Gasteiger partial charge in [-0.3, -0.25) is 10.1 Å². The molecule has 0 saturated heterocycles. The molecule has 8 nitrogen and oxygen atoms in total. The van der Waals surface area contributed by atoms with Crippen LogP contribution >= 0.6 is 24.8 Å². The third-order valence-corrected chi connectivity index (χ3v) is 2.89. The summed E-state index contributed by atoms with van der Waals surface area (Å²) in [5.74, 6) is 0. The lowest BCUT2D eigenvalue weighted by molar-refractivity contribution is -0.383. The molecule has 2 aromatic heterocycles. The Kier molecular flexibility index (Phi) is 5.50. The summed E-state index contributed by atoms with van der Waals surface area (Å²) in [5.41, 5.74) is 6.99. The van der Waals surface area contributed by atoms with Crippen molar-refractivity contribution in [1.29, 1.82) is 0 Å². The highest BCUT2D eigenvalue weighted by Crippen LogP contribution is 2.30. The van der Waals surface area contributed by atoms with Crippen LogP contribution in [0.25, 0.3) is 11.4 Å². The summed E-state index contributed by atoms with van der Waals surface area (Å²) in [6.07, 6.45) is 9.82. The van der Waals surface area contributed by atoms with Crippen LogP contribution in [-0.2, 0) is 0 Å². The van der Waals surface area contributed by atoms with E-state index in [4.69, 9.17) is 5.73 Å². The predicted octanol–water partition coefficient (Wildman–Crippen LogP) is 2.39. The van der Waals surface area contributed by atoms with Gasteiger partial charge in [-0.15, -0.1) is 24.8 Å². The highest BCUT2D eigenvalue weighted by molar-refractivity contribution is 5.85. The van der Waals surface area contributed by atoms with E-state index in [-0.39, 0.29) is 36.2 Å². The second-order valence-corrected chi connectivity index (χ2v) is 4.10. The molecule has 0 aliphatic carbocycles. The third-order valence-electron chi connectivity index (χ3n) is 2.89. The van der Waals surface area contributed by atoms with E-state index in [1.165, 1.54) is 6.07 Å². The molecule has 116 valence electrons. The maximum Gasteiger partial charge on any atom is 0.294 e. The van der Waals surface area contributed by atoms with E-state index in [0.717, 1.165) is 0 Å². The lowest BCUT2D eigenvalue weighted by Crippen LogP contribution is -2.04. The molecule has 0 fully saturated rings. The number of nitrogen functional groups attached to an aromatic ring is 1. The smallest absolute Gasteiger partial charge is 0.294 e. The summed E-state index contributed by atoms with van der Waals surface area (Å²) in [6, 6.07) is 2.97. The average molecular weight is 343 g/mol. The molecule has 1 aromatic carbocycles. The normalized spacial score (nSPS) is 9.64. The summed E-state index contributed by atoms with van der Waals surface area (Å²) in [5, 5.41) is 11.0. The quantitative estimate of drug-likeness (QED) is 0.447. The standard InChI is InChI=1S/C12H10N6O2.2ClH/c13-9-5-11(16-3-1-14-7-16)12(6-10(9)18(19)20)17-4-2-15-8-17;;/h1-8H,13H2;2*1H. The van der Waals surface area contributed by atoms with Gasteiger partial charge >= 0.3 is 0 Å². The van der Waals surface area contributed by atoms with Crippen LogP contribution in [0.4, 0.5) is 11.4 Å². The number of anilines is 1. The van der Waals surface area contributed by atoms with Gasteiger partial charge < -0.3 is 14.9 Å². The van der Waals surface area contributed by atoms with Crippen LogP contribution in [0.3, 0.4) is 0 Å². The van der Waals surface area contributed by atoms with Crippen molar-refractivity contribution in [2.75, 3.05) is 5.73 Å². The van der Waals surface area contributed by atoms with Gasteiger partial charge in [0.1, 0.15) is 5.69 Å². The average Bonchev–Trinajstić information content (AvgIpc) is 3.11. The third kappa shape index (κ3) is 3.02. The van der Waals surface area contributed by atoms with E-state index in [9.17, 15) is 10.1 Å². The summed E-state index contributed by atoms with van der Waals surface area (Å²) in [7, 11) is 0. The zero-order chi connectivity index (χ0) is 14.1. The van der Waals surface area contributed by atoms with Crippen molar-refractivity contribution < 1.29 is 4.92 Å². The SMILES string of the molecule is Cl.Cl.Nc1cc(-n2ccnc2)c(-n2ccnc2)cc1[N+](=O)[O-]. The Bertz CT molecular complexity index is 758. The van der Waals surface area contributed by atoms with E-state index in [1.54, 1.807) is 52.6 Å². The van der Waals surface area contributed by atoms with Crippen molar-refractivity contribution in [1.82, 2.24) is 19.1 Å². The number of hydrogen-bond acceptors (Lipinski definition) is 5. The molecule has 3 aromatic rings. The molecule has 3 rings (SSSR count). The Morgan fingerprint density at radius 1 is 1.00 bits per heavy atom. The molecule has 0 spiro atoms. The highest BCUT2D eigenvalue weighted by atomic mass is 35.5. The largest absolute Gasteiger partial charge is 0.393 e. The van der Waals surface area contributed by atoms with Crippen molar-refractivity contribution in [2.45, 2.75) is 0 Å². The molecule has 10 heteroatoms. The van der Waals surface area contributed by atoms with Gasteiger partial charge in [-0.2, -0.15) is 0 Å². The van der Waals surface area contributed by atoms with Crippen molar-refractivity contribution in [3.05, 3.63) is 59.7 Å². The maximum atomic E-state index is 11.0. The van der Waals surface area contributed by atoms with Gasteiger partial charge in [0.2, 0.25) is 0 Å². The Hall–Kier alpha value is -2.58. The number of benzene rings is 1. The van der Waals surface area contributed by atoms with Gasteiger partial charge in [0.15, 0.2) is 0 Å². The number of nitrogens with zero attached hydrogens (tertiary/aromatic N) is 5. The summed E-state index contributed by atoms with van der Waals surface area (Å²) >= 11 is 0. The zero-order valence-electron chi connectivity index (χ0n) is 11.1. The van der Waals surface area contributed by atoms with Gasteiger partial charge in [-0.05, 0) is 6.07 Å². The van der Waals surface area contributed by atoms with Crippen molar-refractivity contribution in [3.63, 3.8) is 0 Å². The van der Waals surface area contributed by atoms with Crippen molar-refractivity contribution in [3.8, 4) is 11.4 Å². The molecular weight excluding hydrogens is 331 g/mol. The van der Waals surface area contributed by atoms with Gasteiger partial charge in [0.25, 0.3) is 5.69 Å². The molecule has 0 aliphatic rings. The van der Waals surface area contributed by atoms with Crippen LogP contribution in [0.5, 0.6) is 0 Å². The van der Waals surface area contributed by atoms with Gasteiger partial charge in [0.05, 0.1) is 29.0 Å². The summed E-state index contributed by atoms with van der Waals surface area (Å²) in [6.45, 7) is 0. The summed E-state index contributed by atoms with van der Waals surface area (Å²) < 4.78 is 3.41. The molecule has 0 amide bonds. The van der Waals surface area contributed by atoms with Crippen molar-refractivity contribution >= 4 is 36.2 Å². The van der Waals surface area contributed by atoms with E-state index in [1.807, 2.05) is 0 Å². The lowest BCUT2D eigenvalue weighted by atomic mass is 10.2. The monoisotopic (exact) mass is 342 g/mol. The molecule has 2 N–H and O–H groups in total. The number of hydrogen-bond donors (Lipinski definition) is 1. The molecule has 0 atom stereocenters. The number of halogens is 2. The number of nitro groups is 1. The van der Waals surface area contributed by atoms with Crippen LogP contribution < -0.4 is 5.73 Å². The van der Waals surface area contributed by atoms with E-state index >= 15 is 0 Å². The number of imidazole rings is 2. The minimum absolute atomic E-state index is 0. The Morgan fingerprint density at radius 3 is 1.91 bits per heavy atom. The maximum absolute atomic E-state index is 11.0. The molecule has 0 bridgehead atoms. The van der Waals surface area contributed by atoms with Gasteiger partial charge in [-0.1, -0.05) is 0 Å². The molecule has 0 unspecified atom stereocenters. The summed E-state index contributed by atoms with van der Waals surface area (Å²) in [4.78, 5) is 18.4. The minimum atomic E-state index is -0.506. The number of nitro benzene ring substituents is 1. The Morgan fingerprint density at radius 2 is 1.50 bits per heavy atom. The first-order valence-corrected chi connectivity index (χ1v) is 5.71. The topological polar surface area (TPSA) is 105 Å². The number of rotatable bonds is 3. The number of nitrogens with two attached hydrogens (primary N) is 1. The second-order valence-electron chi connectivity index (χ2n) is 4.10. The van der Waals surface area contributed by atoms with Crippen LogP contribution in [0.2, 0.25) is 0 Å². The predicted molar refractivity (Wildman–Crippen MR) is 86.2 cm³/mol. The van der Waals surface area contributed by atoms with Gasteiger partial charge in [-0.25, -0.2) is 9.97 Å². The molecule has 0 radical (unpaired) electrons. The molecule has 22 heavy (non-hydrogen) atoms.